The van der Waals surface area contributed by atoms with Crippen LogP contribution >= 0.6 is 11.8 Å². The van der Waals surface area contributed by atoms with E-state index in [9.17, 15) is 9.59 Å². The molecule has 1 aromatic carbocycles. The summed E-state index contributed by atoms with van der Waals surface area (Å²) in [7, 11) is 1.64. The van der Waals surface area contributed by atoms with Gasteiger partial charge in [0.05, 0.1) is 17.7 Å². The molecule has 1 saturated carbocycles. The van der Waals surface area contributed by atoms with Gasteiger partial charge in [-0.25, -0.2) is 0 Å². The van der Waals surface area contributed by atoms with Gasteiger partial charge in [-0.15, -0.1) is 11.8 Å². The summed E-state index contributed by atoms with van der Waals surface area (Å²) < 4.78 is 5.21. The zero-order chi connectivity index (χ0) is 16.7. The number of nitrogens with zero attached hydrogens (tertiary/aromatic N) is 2. The maximum absolute atomic E-state index is 12.5. The first-order valence-corrected chi connectivity index (χ1v) is 9.51. The Morgan fingerprint density at radius 3 is 2.46 bits per heavy atom. The van der Waals surface area contributed by atoms with E-state index in [-0.39, 0.29) is 16.7 Å². The zero-order valence-electron chi connectivity index (χ0n) is 13.9. The zero-order valence-corrected chi connectivity index (χ0v) is 14.7. The Morgan fingerprint density at radius 2 is 1.88 bits per heavy atom. The number of hydrogen-bond donors (Lipinski definition) is 0. The number of carbonyl (C=O) groups excluding carboxylic acids is 2. The lowest BCUT2D eigenvalue weighted by Crippen LogP contribution is -2.53. The first-order chi connectivity index (χ1) is 11.6. The van der Waals surface area contributed by atoms with Crippen molar-refractivity contribution in [2.75, 3.05) is 30.9 Å². The Bertz CT molecular complexity index is 649. The Balaban J connectivity index is 1.53. The molecule has 24 heavy (non-hydrogen) atoms. The number of methoxy groups -OCH3 is 1. The summed E-state index contributed by atoms with van der Waals surface area (Å²) in [6.07, 6.45) is 3.78. The van der Waals surface area contributed by atoms with Crippen molar-refractivity contribution in [3.8, 4) is 5.75 Å². The van der Waals surface area contributed by atoms with Gasteiger partial charge in [0.2, 0.25) is 11.8 Å². The van der Waals surface area contributed by atoms with E-state index in [4.69, 9.17) is 4.74 Å². The van der Waals surface area contributed by atoms with Gasteiger partial charge in [-0.2, -0.15) is 0 Å². The van der Waals surface area contributed by atoms with E-state index in [0.29, 0.717) is 11.7 Å². The number of carbonyl (C=O) groups is 2. The number of benzene rings is 1. The molecule has 0 radical (unpaired) electrons. The third kappa shape index (κ3) is 2.66. The number of anilines is 1. The fourth-order valence-corrected chi connectivity index (χ4v) is 5.02. The maximum Gasteiger partial charge on any atom is 0.238 e. The normalized spacial score (nSPS) is 23.0. The molecule has 6 heteroatoms. The summed E-state index contributed by atoms with van der Waals surface area (Å²) in [5, 5.41) is 0. The van der Waals surface area contributed by atoms with Gasteiger partial charge >= 0.3 is 0 Å². The maximum atomic E-state index is 12.5. The van der Waals surface area contributed by atoms with Gasteiger partial charge in [0.25, 0.3) is 0 Å². The molecular weight excluding hydrogens is 324 g/mol. The molecule has 3 aliphatic rings. The molecule has 2 amide bonds. The van der Waals surface area contributed by atoms with E-state index in [1.54, 1.807) is 18.9 Å². The molecule has 0 unspecified atom stereocenters. The summed E-state index contributed by atoms with van der Waals surface area (Å²) in [5.41, 5.74) is 0.924. The molecule has 3 fully saturated rings. The monoisotopic (exact) mass is 346 g/mol. The van der Waals surface area contributed by atoms with Crippen molar-refractivity contribution in [1.82, 2.24) is 4.90 Å². The number of amides is 2. The van der Waals surface area contributed by atoms with Gasteiger partial charge < -0.3 is 9.64 Å². The average Bonchev–Trinajstić information content (AvgIpc) is 3.42. The molecule has 1 spiro atoms. The summed E-state index contributed by atoms with van der Waals surface area (Å²) in [5.74, 6) is 2.05. The Morgan fingerprint density at radius 1 is 1.21 bits per heavy atom. The number of rotatable bonds is 3. The van der Waals surface area contributed by atoms with Crippen molar-refractivity contribution in [2.24, 2.45) is 5.92 Å². The van der Waals surface area contributed by atoms with Crippen LogP contribution in [0.5, 0.6) is 5.75 Å². The Labute approximate surface area is 146 Å². The fourth-order valence-electron chi connectivity index (χ4n) is 3.70. The highest BCUT2D eigenvalue weighted by atomic mass is 32.2. The molecule has 2 saturated heterocycles. The third-order valence-electron chi connectivity index (χ3n) is 5.23. The molecular formula is C18H22N2O3S. The van der Waals surface area contributed by atoms with Crippen LogP contribution in [0.2, 0.25) is 0 Å². The molecule has 0 N–H and O–H groups in total. The molecule has 0 bridgehead atoms. The third-order valence-corrected chi connectivity index (χ3v) is 6.75. The van der Waals surface area contributed by atoms with Gasteiger partial charge in [0.1, 0.15) is 5.75 Å². The summed E-state index contributed by atoms with van der Waals surface area (Å²) in [4.78, 5) is 28.6. The predicted octanol–water partition coefficient (Wildman–Crippen LogP) is 2.50. The number of ether oxygens (including phenoxy) is 1. The van der Waals surface area contributed by atoms with Gasteiger partial charge in [-0.1, -0.05) is 0 Å². The molecule has 4 rings (SSSR count). The van der Waals surface area contributed by atoms with E-state index in [1.807, 2.05) is 34.1 Å². The van der Waals surface area contributed by atoms with Crippen LogP contribution in [0.1, 0.15) is 25.7 Å². The number of thioether (sulfide) groups is 1. The second-order valence-corrected chi connectivity index (χ2v) is 8.10. The largest absolute Gasteiger partial charge is 0.497 e. The highest BCUT2D eigenvalue weighted by Gasteiger charge is 2.49. The molecule has 1 aromatic rings. The van der Waals surface area contributed by atoms with Crippen molar-refractivity contribution in [3.05, 3.63) is 24.3 Å². The van der Waals surface area contributed by atoms with Crippen LogP contribution in [0, 0.1) is 5.92 Å². The minimum Gasteiger partial charge on any atom is -0.497 e. The molecule has 2 heterocycles. The molecule has 2 aliphatic heterocycles. The lowest BCUT2D eigenvalue weighted by Gasteiger charge is -2.44. The summed E-state index contributed by atoms with van der Waals surface area (Å²) in [6.45, 7) is 1.50. The molecule has 128 valence electrons. The minimum absolute atomic E-state index is 0.159. The van der Waals surface area contributed by atoms with Crippen molar-refractivity contribution in [1.29, 1.82) is 0 Å². The van der Waals surface area contributed by atoms with Crippen LogP contribution in [0.3, 0.4) is 0 Å². The Kier molecular flexibility index (Phi) is 3.95. The highest BCUT2D eigenvalue weighted by Crippen LogP contribution is 2.47. The van der Waals surface area contributed by atoms with Crippen molar-refractivity contribution < 1.29 is 14.3 Å². The first kappa shape index (κ1) is 15.8. The topological polar surface area (TPSA) is 49.9 Å². The molecule has 1 aliphatic carbocycles. The fraction of sp³-hybridized carbons (Fsp3) is 0.556. The summed E-state index contributed by atoms with van der Waals surface area (Å²) in [6, 6.07) is 7.69. The number of hydrogen-bond acceptors (Lipinski definition) is 4. The minimum atomic E-state index is -0.202. The van der Waals surface area contributed by atoms with Gasteiger partial charge in [-0.05, 0) is 49.9 Å². The van der Waals surface area contributed by atoms with E-state index in [1.165, 1.54) is 0 Å². The number of likely N-dealkylation sites (tertiary alicyclic amines) is 1. The SMILES string of the molecule is COc1ccc(N2C(=O)CSC23CCN(C(=O)C2CC2)CC3)cc1. The highest BCUT2D eigenvalue weighted by molar-refractivity contribution is 8.02. The van der Waals surface area contributed by atoms with Crippen molar-refractivity contribution in [3.63, 3.8) is 0 Å². The van der Waals surface area contributed by atoms with Gasteiger partial charge in [-0.3, -0.25) is 14.5 Å². The summed E-state index contributed by atoms with van der Waals surface area (Å²) >= 11 is 1.73. The van der Waals surface area contributed by atoms with E-state index >= 15 is 0 Å². The first-order valence-electron chi connectivity index (χ1n) is 8.53. The quantitative estimate of drug-likeness (QED) is 0.844. The molecule has 5 nitrogen and oxygen atoms in total. The second kappa shape index (κ2) is 5.99. The molecule has 0 aromatic heterocycles. The van der Waals surface area contributed by atoms with Crippen LogP contribution < -0.4 is 9.64 Å². The van der Waals surface area contributed by atoms with E-state index < -0.39 is 0 Å². The van der Waals surface area contributed by atoms with Crippen LogP contribution in [0.15, 0.2) is 24.3 Å². The number of piperidine rings is 1. The van der Waals surface area contributed by atoms with E-state index in [2.05, 4.69) is 0 Å². The lowest BCUT2D eigenvalue weighted by atomic mass is 10.0. The van der Waals surface area contributed by atoms with Crippen LogP contribution in [-0.4, -0.2) is 47.5 Å². The smallest absolute Gasteiger partial charge is 0.238 e. The van der Waals surface area contributed by atoms with Crippen molar-refractivity contribution in [2.45, 2.75) is 30.6 Å². The Hall–Kier alpha value is -1.69. The second-order valence-electron chi connectivity index (χ2n) is 6.76. The molecule has 0 atom stereocenters. The lowest BCUT2D eigenvalue weighted by molar-refractivity contribution is -0.133. The van der Waals surface area contributed by atoms with Crippen LogP contribution in [0.25, 0.3) is 0 Å². The van der Waals surface area contributed by atoms with Crippen LogP contribution in [0.4, 0.5) is 5.69 Å². The van der Waals surface area contributed by atoms with Crippen LogP contribution in [-0.2, 0) is 9.59 Å². The average molecular weight is 346 g/mol. The van der Waals surface area contributed by atoms with Gasteiger partial charge in [0.15, 0.2) is 0 Å². The van der Waals surface area contributed by atoms with Gasteiger partial charge in [0, 0.05) is 24.7 Å². The standard InChI is InChI=1S/C18H22N2O3S/c1-23-15-6-4-14(5-7-15)20-16(21)12-24-18(20)8-10-19(11-9-18)17(22)13-2-3-13/h4-7,13H,2-3,8-12H2,1H3. The predicted molar refractivity (Wildman–Crippen MR) is 94.2 cm³/mol. The van der Waals surface area contributed by atoms with E-state index in [0.717, 1.165) is 50.2 Å². The van der Waals surface area contributed by atoms with Crippen molar-refractivity contribution >= 4 is 29.3 Å².